The summed E-state index contributed by atoms with van der Waals surface area (Å²) in [5.41, 5.74) is 3.21. The average molecular weight is 560 g/mol. The number of anilines is 2. The number of pyridine rings is 1. The Bertz CT molecular complexity index is 1380. The van der Waals surface area contributed by atoms with Crippen LogP contribution in [0.1, 0.15) is 48.3 Å². The van der Waals surface area contributed by atoms with Gasteiger partial charge in [0, 0.05) is 19.2 Å². The van der Waals surface area contributed by atoms with E-state index in [-0.39, 0.29) is 35.6 Å². The number of rotatable bonds is 9. The van der Waals surface area contributed by atoms with Gasteiger partial charge in [0.1, 0.15) is 23.1 Å². The third-order valence-electron chi connectivity index (χ3n) is 6.43. The first-order valence-electron chi connectivity index (χ1n) is 12.1. The van der Waals surface area contributed by atoms with Gasteiger partial charge >= 0.3 is 6.18 Å². The molecule has 0 amide bonds. The molecule has 1 atom stereocenters. The number of alkyl halides is 3. The SMILES string of the molecule is Cc1nc(-c2c(C)ncnc2C2CC2)nc(N(C)C(C)C(F)(F)F)c1NC(C=O)=NCc1ccc(SN)nc1. The molecule has 4 rings (SSSR count). The van der Waals surface area contributed by atoms with Gasteiger partial charge in [0.15, 0.2) is 23.8 Å². The van der Waals surface area contributed by atoms with Crippen LogP contribution in [-0.2, 0) is 11.3 Å². The van der Waals surface area contributed by atoms with Crippen molar-refractivity contribution in [1.29, 1.82) is 0 Å². The Morgan fingerprint density at radius 1 is 1.23 bits per heavy atom. The van der Waals surface area contributed by atoms with Gasteiger partial charge < -0.3 is 10.2 Å². The summed E-state index contributed by atoms with van der Waals surface area (Å²) in [6.45, 7) is 4.57. The van der Waals surface area contributed by atoms with Gasteiger partial charge in [-0.3, -0.25) is 14.9 Å². The first kappa shape index (κ1) is 28.4. The summed E-state index contributed by atoms with van der Waals surface area (Å²) >= 11 is 1.00. The maximum Gasteiger partial charge on any atom is 0.408 e. The molecule has 0 aliphatic heterocycles. The Labute approximate surface area is 227 Å². The standard InChI is InChI=1S/C25H28F3N9OS/c1-13-20(22(17-6-7-17)33-12-32-13)23-34-14(2)21(24(36-23)37(4)15(3)25(26,27)28)35-18(11-38)30-9-16-5-8-19(39-29)31-10-16/h5,8,10-12,15,17H,6-7,9,29H2,1-4H3,(H,30,35). The lowest BCUT2D eigenvalue weighted by molar-refractivity contribution is -0.144. The summed E-state index contributed by atoms with van der Waals surface area (Å²) < 4.78 is 41.3. The van der Waals surface area contributed by atoms with Crippen LogP contribution < -0.4 is 15.4 Å². The molecule has 3 N–H and O–H groups in total. The summed E-state index contributed by atoms with van der Waals surface area (Å²) in [5, 5.41) is 8.97. The largest absolute Gasteiger partial charge is 0.408 e. The molecule has 3 aromatic heterocycles. The highest BCUT2D eigenvalue weighted by atomic mass is 32.2. The lowest BCUT2D eigenvalue weighted by Crippen LogP contribution is -2.42. The Morgan fingerprint density at radius 3 is 2.56 bits per heavy atom. The molecule has 10 nitrogen and oxygen atoms in total. The number of hydrogen-bond donors (Lipinski definition) is 2. The highest BCUT2D eigenvalue weighted by Crippen LogP contribution is 2.44. The number of aliphatic imine (C=N–C) groups is 1. The van der Waals surface area contributed by atoms with Crippen molar-refractivity contribution >= 4 is 35.6 Å². The topological polar surface area (TPSA) is 135 Å². The van der Waals surface area contributed by atoms with E-state index in [0.717, 1.165) is 42.3 Å². The van der Waals surface area contributed by atoms with E-state index in [1.807, 2.05) is 0 Å². The average Bonchev–Trinajstić information content (AvgIpc) is 3.76. The molecule has 1 fully saturated rings. The van der Waals surface area contributed by atoms with Gasteiger partial charge in [-0.25, -0.2) is 24.9 Å². The zero-order valence-electron chi connectivity index (χ0n) is 21.8. The van der Waals surface area contributed by atoms with Gasteiger partial charge in [0.25, 0.3) is 0 Å². The second kappa shape index (κ2) is 11.6. The number of aromatic nitrogens is 5. The number of nitrogens with one attached hydrogen (secondary N) is 1. The number of carbonyl (C=O) groups is 1. The fourth-order valence-electron chi connectivity index (χ4n) is 3.89. The number of amidine groups is 1. The number of halogens is 3. The van der Waals surface area contributed by atoms with E-state index in [4.69, 9.17) is 5.14 Å². The summed E-state index contributed by atoms with van der Waals surface area (Å²) in [6, 6.07) is 1.61. The first-order valence-corrected chi connectivity index (χ1v) is 13.0. The van der Waals surface area contributed by atoms with E-state index < -0.39 is 12.2 Å². The Kier molecular flexibility index (Phi) is 8.45. The maximum absolute atomic E-state index is 13.8. The maximum atomic E-state index is 13.8. The molecule has 3 aromatic rings. The second-order valence-electron chi connectivity index (χ2n) is 9.22. The summed E-state index contributed by atoms with van der Waals surface area (Å²) in [5.74, 6) is 0.328. The van der Waals surface area contributed by atoms with E-state index in [2.05, 4.69) is 35.2 Å². The van der Waals surface area contributed by atoms with Crippen molar-refractivity contribution in [1.82, 2.24) is 24.9 Å². The predicted molar refractivity (Wildman–Crippen MR) is 144 cm³/mol. The summed E-state index contributed by atoms with van der Waals surface area (Å²) in [4.78, 5) is 39.2. The molecule has 3 heterocycles. The smallest absolute Gasteiger partial charge is 0.346 e. The first-order chi connectivity index (χ1) is 18.5. The molecule has 1 unspecified atom stereocenters. The number of hydrogen-bond acceptors (Lipinski definition) is 10. The van der Waals surface area contributed by atoms with Gasteiger partial charge in [0.2, 0.25) is 0 Å². The number of nitrogens with two attached hydrogens (primary N) is 1. The third-order valence-corrected chi connectivity index (χ3v) is 6.91. The lowest BCUT2D eigenvalue weighted by Gasteiger charge is -2.30. The molecule has 14 heteroatoms. The molecule has 1 aliphatic rings. The van der Waals surface area contributed by atoms with Crippen LogP contribution in [0.5, 0.6) is 0 Å². The highest BCUT2D eigenvalue weighted by molar-refractivity contribution is 7.97. The van der Waals surface area contributed by atoms with Crippen molar-refractivity contribution in [3.8, 4) is 11.4 Å². The van der Waals surface area contributed by atoms with E-state index in [1.165, 1.54) is 13.4 Å². The lowest BCUT2D eigenvalue weighted by atomic mass is 10.1. The number of carbonyl (C=O) groups excluding carboxylic acids is 1. The molecule has 0 bridgehead atoms. The fraction of sp³-hybridized carbons (Fsp3) is 0.400. The normalized spacial score (nSPS) is 14.7. The molecule has 0 aromatic carbocycles. The Balaban J connectivity index is 1.76. The minimum Gasteiger partial charge on any atom is -0.346 e. The van der Waals surface area contributed by atoms with Crippen LogP contribution in [0.3, 0.4) is 0 Å². The van der Waals surface area contributed by atoms with Crippen molar-refractivity contribution < 1.29 is 18.0 Å². The Morgan fingerprint density at radius 2 is 1.97 bits per heavy atom. The van der Waals surface area contributed by atoms with Crippen LogP contribution in [0.4, 0.5) is 24.7 Å². The predicted octanol–water partition coefficient (Wildman–Crippen LogP) is 4.39. The van der Waals surface area contributed by atoms with Gasteiger partial charge in [-0.1, -0.05) is 6.07 Å². The zero-order valence-corrected chi connectivity index (χ0v) is 22.6. The van der Waals surface area contributed by atoms with Gasteiger partial charge in [-0.2, -0.15) is 13.2 Å². The second-order valence-corrected chi connectivity index (χ2v) is 9.87. The minimum atomic E-state index is -4.53. The van der Waals surface area contributed by atoms with Crippen molar-refractivity contribution in [3.63, 3.8) is 0 Å². The molecule has 0 saturated heterocycles. The fourth-order valence-corrected chi connectivity index (χ4v) is 4.15. The van der Waals surface area contributed by atoms with Crippen molar-refractivity contribution in [2.24, 2.45) is 10.1 Å². The van der Waals surface area contributed by atoms with Crippen molar-refractivity contribution in [3.05, 3.63) is 47.3 Å². The van der Waals surface area contributed by atoms with E-state index in [0.29, 0.717) is 33.8 Å². The molecule has 1 saturated carbocycles. The third kappa shape index (κ3) is 6.50. The van der Waals surface area contributed by atoms with Crippen LogP contribution in [0, 0.1) is 13.8 Å². The van der Waals surface area contributed by atoms with Crippen molar-refractivity contribution in [2.75, 3.05) is 17.3 Å². The molecular formula is C25H28F3N9OS. The van der Waals surface area contributed by atoms with Crippen LogP contribution in [0.15, 0.2) is 34.7 Å². The van der Waals surface area contributed by atoms with Crippen LogP contribution >= 0.6 is 11.9 Å². The highest BCUT2D eigenvalue weighted by Gasteiger charge is 2.40. The number of aldehydes is 1. The molecule has 0 radical (unpaired) electrons. The molecule has 206 valence electrons. The van der Waals surface area contributed by atoms with E-state index in [1.54, 1.807) is 32.2 Å². The molecule has 1 aliphatic carbocycles. The molecule has 0 spiro atoms. The van der Waals surface area contributed by atoms with Crippen LogP contribution in [-0.4, -0.2) is 56.3 Å². The van der Waals surface area contributed by atoms with Crippen LogP contribution in [0.2, 0.25) is 0 Å². The van der Waals surface area contributed by atoms with Gasteiger partial charge in [-0.05, 0) is 57.2 Å². The molecular weight excluding hydrogens is 531 g/mol. The summed E-state index contributed by atoms with van der Waals surface area (Å²) in [6.07, 6.45) is 0.931. The van der Waals surface area contributed by atoms with E-state index in [9.17, 15) is 18.0 Å². The van der Waals surface area contributed by atoms with E-state index >= 15 is 0 Å². The van der Waals surface area contributed by atoms with Crippen molar-refractivity contribution in [2.45, 2.75) is 63.3 Å². The monoisotopic (exact) mass is 559 g/mol. The van der Waals surface area contributed by atoms with Gasteiger partial charge in [0.05, 0.1) is 29.2 Å². The Hall–Kier alpha value is -3.65. The van der Waals surface area contributed by atoms with Crippen LogP contribution in [0.25, 0.3) is 11.4 Å². The quantitative estimate of drug-likeness (QED) is 0.168. The number of aryl methyl sites for hydroxylation is 2. The minimum absolute atomic E-state index is 0.0344. The zero-order chi connectivity index (χ0) is 28.3. The molecule has 39 heavy (non-hydrogen) atoms. The summed E-state index contributed by atoms with van der Waals surface area (Å²) in [7, 11) is 1.30. The van der Waals surface area contributed by atoms with Gasteiger partial charge in [-0.15, -0.1) is 0 Å². The number of nitrogens with zero attached hydrogens (tertiary/aromatic N) is 7.